The van der Waals surface area contributed by atoms with E-state index in [1.807, 2.05) is 6.92 Å². The predicted molar refractivity (Wildman–Crippen MR) is 63.9 cm³/mol. The average Bonchev–Trinajstić information content (AvgIpc) is 2.59. The molecule has 1 aliphatic heterocycles. The Balaban J connectivity index is 2.45. The molecule has 1 saturated heterocycles. The summed E-state index contributed by atoms with van der Waals surface area (Å²) in [5.74, 6) is 0. The number of likely N-dealkylation sites (tertiary alicyclic amines) is 1. The van der Waals surface area contributed by atoms with E-state index in [2.05, 4.69) is 18.7 Å². The molecule has 0 aromatic heterocycles. The SMILES string of the molecule is CCOC(CN)CN1C(C)CCC1CC. The van der Waals surface area contributed by atoms with Crippen molar-refractivity contribution in [3.8, 4) is 0 Å². The first kappa shape index (κ1) is 12.9. The lowest BCUT2D eigenvalue weighted by atomic mass is 10.1. The van der Waals surface area contributed by atoms with Gasteiger partial charge in [-0.2, -0.15) is 0 Å². The van der Waals surface area contributed by atoms with Crippen LogP contribution in [0.15, 0.2) is 0 Å². The van der Waals surface area contributed by atoms with Crippen LogP contribution in [0.5, 0.6) is 0 Å². The van der Waals surface area contributed by atoms with Crippen molar-refractivity contribution in [2.24, 2.45) is 5.73 Å². The van der Waals surface area contributed by atoms with Crippen molar-refractivity contribution in [2.75, 3.05) is 19.7 Å². The molecule has 2 N–H and O–H groups in total. The van der Waals surface area contributed by atoms with Crippen LogP contribution in [0.1, 0.15) is 40.0 Å². The first-order valence-corrected chi connectivity index (χ1v) is 6.30. The Morgan fingerprint density at radius 3 is 2.67 bits per heavy atom. The van der Waals surface area contributed by atoms with E-state index in [9.17, 15) is 0 Å². The van der Waals surface area contributed by atoms with Crippen molar-refractivity contribution in [3.05, 3.63) is 0 Å². The van der Waals surface area contributed by atoms with Gasteiger partial charge in [-0.05, 0) is 33.1 Å². The van der Waals surface area contributed by atoms with E-state index in [4.69, 9.17) is 10.5 Å². The summed E-state index contributed by atoms with van der Waals surface area (Å²) in [4.78, 5) is 2.58. The first-order chi connectivity index (χ1) is 7.22. The van der Waals surface area contributed by atoms with Gasteiger partial charge in [0, 0.05) is 31.8 Å². The minimum Gasteiger partial charge on any atom is -0.376 e. The van der Waals surface area contributed by atoms with Crippen LogP contribution >= 0.6 is 0 Å². The predicted octanol–water partition coefficient (Wildman–Crippen LogP) is 1.61. The Morgan fingerprint density at radius 2 is 2.13 bits per heavy atom. The molecular formula is C12H26N2O. The van der Waals surface area contributed by atoms with E-state index in [1.165, 1.54) is 19.3 Å². The molecule has 1 fully saturated rings. The lowest BCUT2D eigenvalue weighted by molar-refractivity contribution is 0.0266. The topological polar surface area (TPSA) is 38.5 Å². The largest absolute Gasteiger partial charge is 0.376 e. The van der Waals surface area contributed by atoms with Gasteiger partial charge in [0.1, 0.15) is 0 Å². The first-order valence-electron chi connectivity index (χ1n) is 6.30. The third-order valence-corrected chi connectivity index (χ3v) is 3.50. The molecule has 1 heterocycles. The van der Waals surface area contributed by atoms with Crippen LogP contribution in [0.4, 0.5) is 0 Å². The van der Waals surface area contributed by atoms with Gasteiger partial charge in [0.15, 0.2) is 0 Å². The molecule has 0 bridgehead atoms. The number of rotatable bonds is 6. The monoisotopic (exact) mass is 214 g/mol. The smallest absolute Gasteiger partial charge is 0.0823 e. The summed E-state index contributed by atoms with van der Waals surface area (Å²) < 4.78 is 5.63. The molecule has 0 aliphatic carbocycles. The minimum absolute atomic E-state index is 0.213. The van der Waals surface area contributed by atoms with Gasteiger partial charge in [-0.25, -0.2) is 0 Å². The van der Waals surface area contributed by atoms with E-state index in [-0.39, 0.29) is 6.10 Å². The van der Waals surface area contributed by atoms with Gasteiger partial charge in [-0.15, -0.1) is 0 Å². The zero-order valence-electron chi connectivity index (χ0n) is 10.4. The number of hydrogen-bond acceptors (Lipinski definition) is 3. The van der Waals surface area contributed by atoms with Crippen LogP contribution in [0.25, 0.3) is 0 Å². The van der Waals surface area contributed by atoms with Crippen molar-refractivity contribution in [3.63, 3.8) is 0 Å². The molecule has 3 heteroatoms. The summed E-state index contributed by atoms with van der Waals surface area (Å²) in [6.07, 6.45) is 4.11. The quantitative estimate of drug-likeness (QED) is 0.730. The number of nitrogens with zero attached hydrogens (tertiary/aromatic N) is 1. The summed E-state index contributed by atoms with van der Waals surface area (Å²) in [6, 6.07) is 1.44. The van der Waals surface area contributed by atoms with Crippen molar-refractivity contribution < 1.29 is 4.74 Å². The molecule has 3 nitrogen and oxygen atoms in total. The molecule has 3 atom stereocenters. The maximum absolute atomic E-state index is 5.72. The highest BCUT2D eigenvalue weighted by Gasteiger charge is 2.30. The van der Waals surface area contributed by atoms with E-state index in [0.717, 1.165) is 19.2 Å². The molecule has 15 heavy (non-hydrogen) atoms. The summed E-state index contributed by atoms with van der Waals surface area (Å²) in [5, 5.41) is 0. The Kier molecular flexibility index (Phi) is 5.58. The molecule has 1 aliphatic rings. The second-order valence-electron chi connectivity index (χ2n) is 4.50. The third-order valence-electron chi connectivity index (χ3n) is 3.50. The fraction of sp³-hybridized carbons (Fsp3) is 1.00. The fourth-order valence-corrected chi connectivity index (χ4v) is 2.56. The van der Waals surface area contributed by atoms with E-state index >= 15 is 0 Å². The third kappa shape index (κ3) is 3.44. The minimum atomic E-state index is 0.213. The van der Waals surface area contributed by atoms with Crippen molar-refractivity contribution in [2.45, 2.75) is 58.2 Å². The maximum atomic E-state index is 5.72. The fourth-order valence-electron chi connectivity index (χ4n) is 2.56. The molecule has 3 unspecified atom stereocenters. The van der Waals surface area contributed by atoms with Crippen molar-refractivity contribution in [1.29, 1.82) is 0 Å². The summed E-state index contributed by atoms with van der Waals surface area (Å²) in [5.41, 5.74) is 5.72. The number of hydrogen-bond donors (Lipinski definition) is 1. The highest BCUT2D eigenvalue weighted by atomic mass is 16.5. The van der Waals surface area contributed by atoms with Crippen LogP contribution < -0.4 is 5.73 Å². The summed E-state index contributed by atoms with van der Waals surface area (Å²) in [7, 11) is 0. The van der Waals surface area contributed by atoms with Crippen LogP contribution in [0.2, 0.25) is 0 Å². The van der Waals surface area contributed by atoms with Crippen LogP contribution in [0.3, 0.4) is 0 Å². The van der Waals surface area contributed by atoms with E-state index < -0.39 is 0 Å². The van der Waals surface area contributed by atoms with Gasteiger partial charge in [0.2, 0.25) is 0 Å². The van der Waals surface area contributed by atoms with Crippen molar-refractivity contribution in [1.82, 2.24) is 4.90 Å². The van der Waals surface area contributed by atoms with E-state index in [1.54, 1.807) is 0 Å². The summed E-state index contributed by atoms with van der Waals surface area (Å²) >= 11 is 0. The molecular weight excluding hydrogens is 188 g/mol. The van der Waals surface area contributed by atoms with Gasteiger partial charge in [-0.3, -0.25) is 4.90 Å². The number of ether oxygens (including phenoxy) is 1. The molecule has 0 radical (unpaired) electrons. The van der Waals surface area contributed by atoms with Gasteiger partial charge in [-0.1, -0.05) is 6.92 Å². The lowest BCUT2D eigenvalue weighted by Crippen LogP contribution is -2.43. The molecule has 0 aromatic rings. The molecule has 0 spiro atoms. The zero-order valence-corrected chi connectivity index (χ0v) is 10.4. The highest BCUT2D eigenvalue weighted by molar-refractivity contribution is 4.86. The zero-order chi connectivity index (χ0) is 11.3. The Bertz CT molecular complexity index is 175. The van der Waals surface area contributed by atoms with Crippen LogP contribution in [-0.2, 0) is 4.74 Å². The van der Waals surface area contributed by atoms with Crippen molar-refractivity contribution >= 4 is 0 Å². The van der Waals surface area contributed by atoms with Crippen LogP contribution in [0, 0.1) is 0 Å². The average molecular weight is 214 g/mol. The second-order valence-corrected chi connectivity index (χ2v) is 4.50. The summed E-state index contributed by atoms with van der Waals surface area (Å²) in [6.45, 7) is 9.02. The molecule has 0 saturated carbocycles. The van der Waals surface area contributed by atoms with Crippen LogP contribution in [-0.4, -0.2) is 42.8 Å². The molecule has 1 rings (SSSR count). The Morgan fingerprint density at radius 1 is 1.40 bits per heavy atom. The lowest BCUT2D eigenvalue weighted by Gasteiger charge is -2.31. The van der Waals surface area contributed by atoms with Gasteiger partial charge < -0.3 is 10.5 Å². The maximum Gasteiger partial charge on any atom is 0.0823 e. The van der Waals surface area contributed by atoms with Gasteiger partial charge >= 0.3 is 0 Å². The molecule has 0 aromatic carbocycles. The Hall–Kier alpha value is -0.120. The molecule has 0 amide bonds. The highest BCUT2D eigenvalue weighted by Crippen LogP contribution is 2.26. The second kappa shape index (κ2) is 6.46. The normalized spacial score (nSPS) is 29.6. The molecule has 90 valence electrons. The standard InChI is InChI=1S/C12H26N2O/c1-4-11-7-6-10(3)14(11)9-12(8-13)15-5-2/h10-12H,4-9,13H2,1-3H3. The Labute approximate surface area is 94.0 Å². The van der Waals surface area contributed by atoms with Gasteiger partial charge in [0.25, 0.3) is 0 Å². The van der Waals surface area contributed by atoms with E-state index in [0.29, 0.717) is 12.6 Å². The van der Waals surface area contributed by atoms with Gasteiger partial charge in [0.05, 0.1) is 6.10 Å². The number of nitrogens with two attached hydrogens (primary N) is 1.